The Kier molecular flexibility index (Phi) is 9.38. The lowest BCUT2D eigenvalue weighted by Gasteiger charge is -2.23. The first-order valence-corrected chi connectivity index (χ1v) is 10.3. The summed E-state index contributed by atoms with van der Waals surface area (Å²) in [5.41, 5.74) is 1.81. The van der Waals surface area contributed by atoms with Crippen molar-refractivity contribution in [3.05, 3.63) is 47.6 Å². The minimum Gasteiger partial charge on any atom is -0.494 e. The van der Waals surface area contributed by atoms with Crippen molar-refractivity contribution in [3.8, 4) is 11.5 Å². The third-order valence-electron chi connectivity index (χ3n) is 4.56. The summed E-state index contributed by atoms with van der Waals surface area (Å²) in [7, 11) is 0. The third kappa shape index (κ3) is 8.01. The van der Waals surface area contributed by atoms with Crippen LogP contribution < -0.4 is 14.8 Å². The van der Waals surface area contributed by atoms with Crippen molar-refractivity contribution in [1.82, 2.24) is 5.32 Å². The van der Waals surface area contributed by atoms with E-state index in [1.54, 1.807) is 6.07 Å². The molecule has 2 rings (SSSR count). The molecule has 0 aromatic heterocycles. The Labute approximate surface area is 173 Å². The zero-order valence-corrected chi connectivity index (χ0v) is 17.6. The highest BCUT2D eigenvalue weighted by Crippen LogP contribution is 2.27. The van der Waals surface area contributed by atoms with Crippen LogP contribution in [0.1, 0.15) is 32.8 Å². The number of nitrogens with one attached hydrogen (secondary N) is 2. The maximum Gasteiger partial charge on any atom is 0.155 e. The Hall–Kier alpha value is -2.15. The van der Waals surface area contributed by atoms with Crippen LogP contribution in [0.3, 0.4) is 0 Å². The summed E-state index contributed by atoms with van der Waals surface area (Å²) in [5, 5.41) is 29.8. The molecule has 160 valence electrons. The molecule has 29 heavy (non-hydrogen) atoms. The SMILES string of the molecule is CCOc1cc(CC(O)O)cc(OC2C=C(C(C=N)CNCC(C)C)C=CC2)c1. The zero-order valence-electron chi connectivity index (χ0n) is 17.6. The first-order valence-electron chi connectivity index (χ1n) is 10.3. The van der Waals surface area contributed by atoms with E-state index in [0.29, 0.717) is 24.0 Å². The molecule has 0 aliphatic heterocycles. The Morgan fingerprint density at radius 3 is 2.62 bits per heavy atom. The topological polar surface area (TPSA) is 94.8 Å². The summed E-state index contributed by atoms with van der Waals surface area (Å²) >= 11 is 0. The number of hydrogen-bond acceptors (Lipinski definition) is 6. The van der Waals surface area contributed by atoms with Crippen LogP contribution in [0.5, 0.6) is 11.5 Å². The van der Waals surface area contributed by atoms with E-state index in [0.717, 1.165) is 30.6 Å². The predicted molar refractivity (Wildman–Crippen MR) is 116 cm³/mol. The van der Waals surface area contributed by atoms with Crippen LogP contribution >= 0.6 is 0 Å². The van der Waals surface area contributed by atoms with E-state index >= 15 is 0 Å². The molecule has 0 bridgehead atoms. The predicted octanol–water partition coefficient (Wildman–Crippen LogP) is 3.08. The summed E-state index contributed by atoms with van der Waals surface area (Å²) in [6.45, 7) is 8.39. The molecule has 0 fully saturated rings. The number of benzene rings is 1. The van der Waals surface area contributed by atoms with Gasteiger partial charge in [0.25, 0.3) is 0 Å². The minimum absolute atomic E-state index is 0.00579. The monoisotopic (exact) mass is 402 g/mol. The van der Waals surface area contributed by atoms with Gasteiger partial charge in [-0.1, -0.05) is 26.0 Å². The summed E-state index contributed by atoms with van der Waals surface area (Å²) in [6.07, 6.45) is 6.97. The molecule has 1 aromatic carbocycles. The number of aliphatic hydroxyl groups is 2. The van der Waals surface area contributed by atoms with Crippen molar-refractivity contribution in [2.75, 3.05) is 19.7 Å². The minimum atomic E-state index is -1.42. The fraction of sp³-hybridized carbons (Fsp3) is 0.522. The van der Waals surface area contributed by atoms with Crippen LogP contribution in [0.25, 0.3) is 0 Å². The van der Waals surface area contributed by atoms with Crippen molar-refractivity contribution >= 4 is 6.21 Å². The molecule has 1 aromatic rings. The number of rotatable bonds is 12. The second-order valence-corrected chi connectivity index (χ2v) is 7.72. The largest absolute Gasteiger partial charge is 0.494 e. The van der Waals surface area contributed by atoms with Gasteiger partial charge in [0.15, 0.2) is 6.29 Å². The molecular weight excluding hydrogens is 368 g/mol. The molecule has 1 aliphatic carbocycles. The van der Waals surface area contributed by atoms with Gasteiger partial charge < -0.3 is 30.4 Å². The quantitative estimate of drug-likeness (QED) is 0.318. The van der Waals surface area contributed by atoms with E-state index in [2.05, 4.69) is 37.4 Å². The molecule has 0 saturated carbocycles. The Morgan fingerprint density at radius 1 is 1.21 bits per heavy atom. The standard InChI is InChI=1S/C23H34N2O4/c1-4-28-21-8-17(10-23(26)27)9-22(12-21)29-20-7-5-6-18(11-20)19(13-24)15-25-14-16(2)3/h5-6,8-9,11-13,16,19-20,23-27H,4,7,10,14-15H2,1-3H3. The van der Waals surface area contributed by atoms with Crippen molar-refractivity contribution < 1.29 is 19.7 Å². The summed E-state index contributed by atoms with van der Waals surface area (Å²) < 4.78 is 11.8. The fourth-order valence-electron chi connectivity index (χ4n) is 3.26. The van der Waals surface area contributed by atoms with E-state index in [9.17, 15) is 10.2 Å². The molecule has 6 nitrogen and oxygen atoms in total. The highest BCUT2D eigenvalue weighted by Gasteiger charge is 2.18. The fourth-order valence-corrected chi connectivity index (χ4v) is 3.26. The van der Waals surface area contributed by atoms with Crippen molar-refractivity contribution in [2.45, 2.75) is 46.0 Å². The first kappa shape index (κ1) is 23.1. The average Bonchev–Trinajstić information content (AvgIpc) is 2.65. The zero-order chi connectivity index (χ0) is 21.2. The number of allylic oxidation sites excluding steroid dienone is 1. The van der Waals surface area contributed by atoms with Crippen molar-refractivity contribution in [3.63, 3.8) is 0 Å². The normalized spacial score (nSPS) is 17.3. The average molecular weight is 403 g/mol. The molecular formula is C23H34N2O4. The van der Waals surface area contributed by atoms with Crippen molar-refractivity contribution in [2.24, 2.45) is 11.8 Å². The van der Waals surface area contributed by atoms with Gasteiger partial charge in [0.2, 0.25) is 0 Å². The van der Waals surface area contributed by atoms with E-state index in [1.165, 1.54) is 6.21 Å². The molecule has 2 unspecified atom stereocenters. The third-order valence-corrected chi connectivity index (χ3v) is 4.56. The van der Waals surface area contributed by atoms with E-state index in [4.69, 9.17) is 14.9 Å². The maximum absolute atomic E-state index is 9.30. The Bertz CT molecular complexity index is 713. The van der Waals surface area contributed by atoms with Crippen LogP contribution in [0.15, 0.2) is 42.0 Å². The Balaban J connectivity index is 2.11. The molecule has 4 N–H and O–H groups in total. The molecule has 0 amide bonds. The lowest BCUT2D eigenvalue weighted by Crippen LogP contribution is -2.29. The highest BCUT2D eigenvalue weighted by molar-refractivity contribution is 5.64. The van der Waals surface area contributed by atoms with E-state index in [-0.39, 0.29) is 18.4 Å². The van der Waals surface area contributed by atoms with Gasteiger partial charge in [-0.25, -0.2) is 0 Å². The lowest BCUT2D eigenvalue weighted by atomic mass is 9.93. The summed E-state index contributed by atoms with van der Waals surface area (Å²) in [6, 6.07) is 5.43. The molecule has 0 radical (unpaired) electrons. The summed E-state index contributed by atoms with van der Waals surface area (Å²) in [4.78, 5) is 0. The maximum atomic E-state index is 9.30. The summed E-state index contributed by atoms with van der Waals surface area (Å²) in [5.74, 6) is 1.85. The van der Waals surface area contributed by atoms with Crippen molar-refractivity contribution in [1.29, 1.82) is 5.41 Å². The van der Waals surface area contributed by atoms with Crippen LogP contribution in [0, 0.1) is 17.2 Å². The van der Waals surface area contributed by atoms with Gasteiger partial charge in [0.05, 0.1) is 6.61 Å². The highest BCUT2D eigenvalue weighted by atomic mass is 16.5. The van der Waals surface area contributed by atoms with Gasteiger partial charge in [0, 0.05) is 37.6 Å². The first-order chi connectivity index (χ1) is 13.9. The lowest BCUT2D eigenvalue weighted by molar-refractivity contribution is -0.0381. The number of ether oxygens (including phenoxy) is 2. The smallest absolute Gasteiger partial charge is 0.155 e. The Morgan fingerprint density at radius 2 is 1.97 bits per heavy atom. The van der Waals surface area contributed by atoms with Gasteiger partial charge in [-0.05, 0) is 48.7 Å². The van der Waals surface area contributed by atoms with E-state index in [1.807, 2.05) is 19.1 Å². The van der Waals surface area contributed by atoms with Crippen LogP contribution in [0.2, 0.25) is 0 Å². The number of aliphatic hydroxyl groups excluding tert-OH is 1. The van der Waals surface area contributed by atoms with Crippen LogP contribution in [-0.2, 0) is 6.42 Å². The van der Waals surface area contributed by atoms with Crippen LogP contribution in [-0.4, -0.2) is 48.5 Å². The second kappa shape index (κ2) is 11.8. The second-order valence-electron chi connectivity index (χ2n) is 7.72. The van der Waals surface area contributed by atoms with Gasteiger partial charge >= 0.3 is 0 Å². The molecule has 2 atom stereocenters. The molecule has 1 aliphatic rings. The molecule has 0 heterocycles. The van der Waals surface area contributed by atoms with Crippen LogP contribution in [0.4, 0.5) is 0 Å². The van der Waals surface area contributed by atoms with E-state index < -0.39 is 6.29 Å². The molecule has 6 heteroatoms. The molecule has 0 spiro atoms. The van der Waals surface area contributed by atoms with Gasteiger partial charge in [-0.15, -0.1) is 0 Å². The number of hydrogen-bond donors (Lipinski definition) is 4. The molecule has 0 saturated heterocycles. The van der Waals surface area contributed by atoms with Gasteiger partial charge in [-0.2, -0.15) is 0 Å². The van der Waals surface area contributed by atoms with Gasteiger partial charge in [0.1, 0.15) is 17.6 Å². The van der Waals surface area contributed by atoms with Gasteiger partial charge in [-0.3, -0.25) is 0 Å².